The largest absolute Gasteiger partial charge is 0.421 e. The van der Waals surface area contributed by atoms with E-state index in [0.29, 0.717) is 13.0 Å². The van der Waals surface area contributed by atoms with Gasteiger partial charge < -0.3 is 9.47 Å². The quantitative estimate of drug-likeness (QED) is 0.643. The van der Waals surface area contributed by atoms with Gasteiger partial charge >= 0.3 is 6.18 Å². The maximum absolute atomic E-state index is 13.1. The summed E-state index contributed by atoms with van der Waals surface area (Å²) in [5, 5.41) is 1.98. The molecule has 1 atom stereocenters. The monoisotopic (exact) mass is 418 g/mol. The Bertz CT molecular complexity index is 1090. The van der Waals surface area contributed by atoms with Gasteiger partial charge in [0.15, 0.2) is 0 Å². The predicted molar refractivity (Wildman–Crippen MR) is 104 cm³/mol. The van der Waals surface area contributed by atoms with Gasteiger partial charge in [0.05, 0.1) is 6.04 Å². The van der Waals surface area contributed by atoms with Gasteiger partial charge in [-0.3, -0.25) is 9.59 Å². The van der Waals surface area contributed by atoms with Crippen LogP contribution in [0.25, 0.3) is 0 Å². The number of aromatic nitrogens is 1. The van der Waals surface area contributed by atoms with Crippen LogP contribution in [0.2, 0.25) is 0 Å². The molecular weight excluding hydrogens is 401 g/mol. The van der Waals surface area contributed by atoms with E-state index in [1.165, 1.54) is 11.1 Å². The Kier molecular flexibility index (Phi) is 5.04. The molecule has 0 radical (unpaired) electrons. The van der Waals surface area contributed by atoms with Gasteiger partial charge in [-0.2, -0.15) is 13.2 Å². The molecule has 1 aromatic carbocycles. The molecule has 0 saturated heterocycles. The molecule has 1 unspecified atom stereocenters. The highest BCUT2D eigenvalue weighted by Gasteiger charge is 2.36. The van der Waals surface area contributed by atoms with E-state index in [0.717, 1.165) is 27.8 Å². The Labute approximate surface area is 168 Å². The van der Waals surface area contributed by atoms with Gasteiger partial charge in [-0.1, -0.05) is 30.3 Å². The van der Waals surface area contributed by atoms with E-state index in [-0.39, 0.29) is 6.04 Å². The maximum atomic E-state index is 13.1. The summed E-state index contributed by atoms with van der Waals surface area (Å²) in [6.07, 6.45) is -2.86. The molecule has 4 nitrogen and oxygen atoms in total. The highest BCUT2D eigenvalue weighted by atomic mass is 32.1. The molecule has 150 valence electrons. The van der Waals surface area contributed by atoms with Crippen molar-refractivity contribution in [3.05, 3.63) is 92.0 Å². The summed E-state index contributed by atoms with van der Waals surface area (Å²) in [6.45, 7) is 0.00514. The van der Waals surface area contributed by atoms with Crippen LogP contribution in [0, 0.1) is 0 Å². The van der Waals surface area contributed by atoms with Crippen LogP contribution in [0.4, 0.5) is 13.2 Å². The molecule has 1 amide bonds. The van der Waals surface area contributed by atoms with Gasteiger partial charge in [0.25, 0.3) is 5.56 Å². The van der Waals surface area contributed by atoms with Crippen molar-refractivity contribution in [3.63, 3.8) is 0 Å². The van der Waals surface area contributed by atoms with Crippen molar-refractivity contribution in [2.45, 2.75) is 25.2 Å². The predicted octanol–water partition coefficient (Wildman–Crippen LogP) is 4.10. The van der Waals surface area contributed by atoms with Crippen molar-refractivity contribution in [1.29, 1.82) is 0 Å². The highest BCUT2D eigenvalue weighted by molar-refractivity contribution is 7.10. The van der Waals surface area contributed by atoms with Crippen LogP contribution in [-0.4, -0.2) is 21.9 Å². The number of carbonyl (C=O) groups is 1. The summed E-state index contributed by atoms with van der Waals surface area (Å²) in [5.41, 5.74) is -0.530. The van der Waals surface area contributed by atoms with Crippen LogP contribution in [0.1, 0.15) is 27.6 Å². The Hall–Kier alpha value is -2.87. The maximum Gasteiger partial charge on any atom is 0.421 e. The number of amides is 1. The lowest BCUT2D eigenvalue weighted by Crippen LogP contribution is -2.43. The standard InChI is InChI=1S/C21H17F3N2O2S/c22-21(23,24)16-7-4-10-25(20(16)28)13-18(27)26-11-8-17-15(9-12-29-17)19(26)14-5-2-1-3-6-14/h1-7,9-10,12,19H,8,11,13H2. The van der Waals surface area contributed by atoms with Crippen LogP contribution in [-0.2, 0) is 23.9 Å². The van der Waals surface area contributed by atoms with Crippen molar-refractivity contribution in [2.24, 2.45) is 0 Å². The molecule has 0 saturated carbocycles. The van der Waals surface area contributed by atoms with Crippen molar-refractivity contribution < 1.29 is 18.0 Å². The highest BCUT2D eigenvalue weighted by Crippen LogP contribution is 2.37. The summed E-state index contributed by atoms with van der Waals surface area (Å²) >= 11 is 1.63. The van der Waals surface area contributed by atoms with Crippen LogP contribution in [0.15, 0.2) is 64.9 Å². The second-order valence-corrected chi connectivity index (χ2v) is 7.80. The topological polar surface area (TPSA) is 42.3 Å². The molecule has 1 aliphatic rings. The fourth-order valence-electron chi connectivity index (χ4n) is 3.69. The van der Waals surface area contributed by atoms with E-state index in [1.807, 2.05) is 41.8 Å². The smallest absolute Gasteiger partial charge is 0.330 e. The first-order valence-corrected chi connectivity index (χ1v) is 9.91. The Morgan fingerprint density at radius 1 is 1.10 bits per heavy atom. The first-order chi connectivity index (χ1) is 13.9. The van der Waals surface area contributed by atoms with Crippen molar-refractivity contribution in [1.82, 2.24) is 9.47 Å². The van der Waals surface area contributed by atoms with Crippen molar-refractivity contribution in [2.75, 3.05) is 6.54 Å². The van der Waals surface area contributed by atoms with Gasteiger partial charge in [-0.05, 0) is 41.1 Å². The van der Waals surface area contributed by atoms with E-state index < -0.39 is 29.8 Å². The lowest BCUT2D eigenvalue weighted by atomic mass is 9.93. The minimum atomic E-state index is -4.76. The van der Waals surface area contributed by atoms with Gasteiger partial charge in [0.1, 0.15) is 12.1 Å². The van der Waals surface area contributed by atoms with E-state index in [9.17, 15) is 22.8 Å². The third kappa shape index (κ3) is 3.72. The molecule has 0 bridgehead atoms. The van der Waals surface area contributed by atoms with Gasteiger partial charge in [0.2, 0.25) is 5.91 Å². The number of halogens is 3. The fourth-order valence-corrected chi connectivity index (χ4v) is 4.60. The zero-order valence-corrected chi connectivity index (χ0v) is 16.0. The number of hydrogen-bond acceptors (Lipinski definition) is 3. The third-order valence-corrected chi connectivity index (χ3v) is 6.03. The molecule has 0 fully saturated rings. The molecular formula is C21H17F3N2O2S. The SMILES string of the molecule is O=C(Cn1cccc(C(F)(F)F)c1=O)N1CCc2sccc2C1c1ccccc1. The third-order valence-electron chi connectivity index (χ3n) is 5.03. The molecule has 4 rings (SSSR count). The fraction of sp³-hybridized carbons (Fsp3) is 0.238. The van der Waals surface area contributed by atoms with Crippen LogP contribution >= 0.6 is 11.3 Å². The minimum absolute atomic E-state index is 0.319. The number of hydrogen-bond donors (Lipinski definition) is 0. The van der Waals surface area contributed by atoms with E-state index in [2.05, 4.69) is 0 Å². The average molecular weight is 418 g/mol. The van der Waals surface area contributed by atoms with Crippen LogP contribution < -0.4 is 5.56 Å². The lowest BCUT2D eigenvalue weighted by molar-refractivity contribution is -0.140. The Morgan fingerprint density at radius 2 is 1.86 bits per heavy atom. The number of thiophene rings is 1. The number of carbonyl (C=O) groups excluding carboxylic acids is 1. The molecule has 0 aliphatic carbocycles. The molecule has 3 aromatic rings. The number of alkyl halides is 3. The molecule has 1 aliphatic heterocycles. The van der Waals surface area contributed by atoms with Crippen molar-refractivity contribution in [3.8, 4) is 0 Å². The summed E-state index contributed by atoms with van der Waals surface area (Å²) in [5.74, 6) is -0.392. The van der Waals surface area contributed by atoms with E-state index in [4.69, 9.17) is 0 Å². The van der Waals surface area contributed by atoms with Gasteiger partial charge in [0, 0.05) is 17.6 Å². The van der Waals surface area contributed by atoms with Gasteiger partial charge in [-0.25, -0.2) is 0 Å². The summed E-state index contributed by atoms with van der Waals surface area (Å²) < 4.78 is 39.9. The molecule has 2 aromatic heterocycles. The number of fused-ring (bicyclic) bond motifs is 1. The van der Waals surface area contributed by atoms with E-state index in [1.54, 1.807) is 16.2 Å². The molecule has 3 heterocycles. The van der Waals surface area contributed by atoms with Crippen molar-refractivity contribution >= 4 is 17.2 Å². The Morgan fingerprint density at radius 3 is 2.59 bits per heavy atom. The number of pyridine rings is 1. The zero-order valence-electron chi connectivity index (χ0n) is 15.2. The number of benzene rings is 1. The molecule has 8 heteroatoms. The minimum Gasteiger partial charge on any atom is -0.330 e. The van der Waals surface area contributed by atoms with Crippen LogP contribution in [0.3, 0.4) is 0 Å². The first kappa shape index (κ1) is 19.4. The second kappa shape index (κ2) is 7.51. The first-order valence-electron chi connectivity index (χ1n) is 9.03. The lowest BCUT2D eigenvalue weighted by Gasteiger charge is -2.36. The van der Waals surface area contributed by atoms with Gasteiger partial charge in [-0.15, -0.1) is 11.3 Å². The average Bonchev–Trinajstić information content (AvgIpc) is 3.17. The Balaban J connectivity index is 1.68. The number of nitrogens with zero attached hydrogens (tertiary/aromatic N) is 2. The van der Waals surface area contributed by atoms with Crippen LogP contribution in [0.5, 0.6) is 0 Å². The summed E-state index contributed by atoms with van der Waals surface area (Å²) in [4.78, 5) is 28.1. The molecule has 29 heavy (non-hydrogen) atoms. The summed E-state index contributed by atoms with van der Waals surface area (Å²) in [7, 11) is 0. The number of rotatable bonds is 3. The van der Waals surface area contributed by atoms with E-state index >= 15 is 0 Å². The molecule has 0 N–H and O–H groups in total. The zero-order chi connectivity index (χ0) is 20.6. The normalized spacial score (nSPS) is 16.5. The molecule has 0 spiro atoms. The summed E-state index contributed by atoms with van der Waals surface area (Å²) in [6, 6.07) is 13.0. The second-order valence-electron chi connectivity index (χ2n) is 6.80.